The predicted octanol–water partition coefficient (Wildman–Crippen LogP) is 6.53. The lowest BCUT2D eigenvalue weighted by atomic mass is 10.2. The second-order valence-electron chi connectivity index (χ2n) is 7.47. The van der Waals surface area contributed by atoms with Gasteiger partial charge in [0.1, 0.15) is 0 Å². The van der Waals surface area contributed by atoms with Gasteiger partial charge in [-0.1, -0.05) is 49.2 Å². The van der Waals surface area contributed by atoms with E-state index in [0.717, 1.165) is 22.0 Å². The number of carbonyl (C=O) groups is 1. The van der Waals surface area contributed by atoms with Crippen molar-refractivity contribution in [1.29, 1.82) is 0 Å². The molecule has 2 aromatic carbocycles. The van der Waals surface area contributed by atoms with Gasteiger partial charge in [0.25, 0.3) is 0 Å². The SMILES string of the molecule is CC(C)CN(Cc1cccn1Cc1cccc(Cl)c1)C(=O)Nc1ccc(Cl)cc1. The Morgan fingerprint density at radius 2 is 1.79 bits per heavy atom. The number of aromatic nitrogens is 1. The second kappa shape index (κ2) is 9.86. The molecule has 0 bridgehead atoms. The number of nitrogens with zero attached hydrogens (tertiary/aromatic N) is 2. The largest absolute Gasteiger partial charge is 0.345 e. The normalized spacial score (nSPS) is 10.9. The summed E-state index contributed by atoms with van der Waals surface area (Å²) in [4.78, 5) is 14.8. The number of amides is 2. The number of nitrogens with one attached hydrogen (secondary N) is 1. The molecule has 0 fully saturated rings. The molecule has 0 aliphatic rings. The van der Waals surface area contributed by atoms with Crippen LogP contribution >= 0.6 is 23.2 Å². The average Bonchev–Trinajstić information content (AvgIpc) is 3.09. The van der Waals surface area contributed by atoms with E-state index in [4.69, 9.17) is 23.2 Å². The summed E-state index contributed by atoms with van der Waals surface area (Å²) >= 11 is 12.1. The number of hydrogen-bond acceptors (Lipinski definition) is 1. The summed E-state index contributed by atoms with van der Waals surface area (Å²) in [6.07, 6.45) is 2.03. The Morgan fingerprint density at radius 1 is 1.03 bits per heavy atom. The fourth-order valence-electron chi connectivity index (χ4n) is 3.17. The molecule has 4 nitrogen and oxygen atoms in total. The molecule has 1 heterocycles. The third-order valence-corrected chi connectivity index (χ3v) is 4.97. The highest BCUT2D eigenvalue weighted by molar-refractivity contribution is 6.30. The Labute approximate surface area is 182 Å². The molecule has 3 rings (SSSR count). The van der Waals surface area contributed by atoms with E-state index in [9.17, 15) is 4.79 Å². The van der Waals surface area contributed by atoms with Gasteiger partial charge in [-0.05, 0) is 60.0 Å². The summed E-state index contributed by atoms with van der Waals surface area (Å²) in [5, 5.41) is 4.33. The van der Waals surface area contributed by atoms with Gasteiger partial charge in [-0.25, -0.2) is 4.79 Å². The number of carbonyl (C=O) groups excluding carboxylic acids is 1. The van der Waals surface area contributed by atoms with Gasteiger partial charge < -0.3 is 14.8 Å². The van der Waals surface area contributed by atoms with E-state index in [-0.39, 0.29) is 6.03 Å². The highest BCUT2D eigenvalue weighted by Crippen LogP contribution is 2.17. The zero-order valence-corrected chi connectivity index (χ0v) is 18.1. The van der Waals surface area contributed by atoms with E-state index in [1.165, 1.54) is 0 Å². The first-order valence-electron chi connectivity index (χ1n) is 9.60. The summed E-state index contributed by atoms with van der Waals surface area (Å²) in [6, 6.07) is 18.9. The van der Waals surface area contributed by atoms with Crippen LogP contribution in [0.3, 0.4) is 0 Å². The van der Waals surface area contributed by atoms with Crippen molar-refractivity contribution >= 4 is 34.9 Å². The van der Waals surface area contributed by atoms with Crippen LogP contribution < -0.4 is 5.32 Å². The number of urea groups is 1. The molecule has 2 amide bonds. The van der Waals surface area contributed by atoms with Crippen LogP contribution in [0.5, 0.6) is 0 Å². The minimum absolute atomic E-state index is 0.128. The Hall–Kier alpha value is -2.43. The van der Waals surface area contributed by atoms with Crippen molar-refractivity contribution in [3.05, 3.63) is 88.2 Å². The molecule has 0 saturated carbocycles. The minimum atomic E-state index is -0.128. The summed E-state index contributed by atoms with van der Waals surface area (Å²) in [5.41, 5.74) is 2.91. The Morgan fingerprint density at radius 3 is 2.48 bits per heavy atom. The standard InChI is InChI=1S/C23H25Cl2N3O/c1-17(2)14-28(23(29)26-21-10-8-19(24)9-11-21)16-22-7-4-12-27(22)15-18-5-3-6-20(25)13-18/h3-13,17H,14-16H2,1-2H3,(H,26,29). The highest BCUT2D eigenvalue weighted by atomic mass is 35.5. The Balaban J connectivity index is 1.74. The highest BCUT2D eigenvalue weighted by Gasteiger charge is 2.17. The van der Waals surface area contributed by atoms with Gasteiger partial charge in [-0.15, -0.1) is 0 Å². The summed E-state index contributed by atoms with van der Waals surface area (Å²) < 4.78 is 2.15. The average molecular weight is 430 g/mol. The zero-order chi connectivity index (χ0) is 20.8. The van der Waals surface area contributed by atoms with E-state index in [2.05, 4.69) is 29.8 Å². The molecular formula is C23H25Cl2N3O. The van der Waals surface area contributed by atoms with Crippen LogP contribution in [-0.4, -0.2) is 22.0 Å². The molecule has 0 atom stereocenters. The lowest BCUT2D eigenvalue weighted by Gasteiger charge is -2.26. The smallest absolute Gasteiger partial charge is 0.322 e. The van der Waals surface area contributed by atoms with Gasteiger partial charge in [-0.2, -0.15) is 0 Å². The molecule has 0 unspecified atom stereocenters. The van der Waals surface area contributed by atoms with Crippen molar-refractivity contribution in [1.82, 2.24) is 9.47 Å². The van der Waals surface area contributed by atoms with Gasteiger partial charge in [-0.3, -0.25) is 0 Å². The molecule has 0 spiro atoms. The maximum absolute atomic E-state index is 12.9. The number of rotatable bonds is 7. The van der Waals surface area contributed by atoms with Crippen molar-refractivity contribution in [2.45, 2.75) is 26.9 Å². The number of halogens is 2. The molecule has 29 heavy (non-hydrogen) atoms. The maximum Gasteiger partial charge on any atom is 0.322 e. The molecule has 3 aromatic rings. The van der Waals surface area contributed by atoms with Gasteiger partial charge in [0.15, 0.2) is 0 Å². The number of anilines is 1. The van der Waals surface area contributed by atoms with Crippen LogP contribution in [0.4, 0.5) is 10.5 Å². The number of hydrogen-bond donors (Lipinski definition) is 1. The Kier molecular flexibility index (Phi) is 7.24. The third kappa shape index (κ3) is 6.28. The summed E-state index contributed by atoms with van der Waals surface area (Å²) in [6.45, 7) is 6.09. The predicted molar refractivity (Wildman–Crippen MR) is 121 cm³/mol. The second-order valence-corrected chi connectivity index (χ2v) is 8.34. The monoisotopic (exact) mass is 429 g/mol. The fourth-order valence-corrected chi connectivity index (χ4v) is 3.51. The first-order valence-corrected chi connectivity index (χ1v) is 10.4. The fraction of sp³-hybridized carbons (Fsp3) is 0.261. The summed E-state index contributed by atoms with van der Waals surface area (Å²) in [7, 11) is 0. The van der Waals surface area contributed by atoms with Crippen molar-refractivity contribution < 1.29 is 4.79 Å². The topological polar surface area (TPSA) is 37.3 Å². The molecule has 0 radical (unpaired) electrons. The molecule has 1 aromatic heterocycles. The molecule has 152 valence electrons. The van der Waals surface area contributed by atoms with Crippen molar-refractivity contribution in [2.24, 2.45) is 5.92 Å². The van der Waals surface area contributed by atoms with Gasteiger partial charge in [0.05, 0.1) is 6.54 Å². The van der Waals surface area contributed by atoms with Crippen LogP contribution in [0, 0.1) is 5.92 Å². The van der Waals surface area contributed by atoms with Gasteiger partial charge >= 0.3 is 6.03 Å². The van der Waals surface area contributed by atoms with Crippen molar-refractivity contribution in [3.63, 3.8) is 0 Å². The van der Waals surface area contributed by atoms with Crippen molar-refractivity contribution in [3.8, 4) is 0 Å². The minimum Gasteiger partial charge on any atom is -0.345 e. The van der Waals surface area contributed by atoms with Gasteiger partial charge in [0, 0.05) is 40.7 Å². The Bertz CT molecular complexity index is 951. The van der Waals surface area contributed by atoms with E-state index >= 15 is 0 Å². The van der Waals surface area contributed by atoms with Crippen LogP contribution in [0.25, 0.3) is 0 Å². The van der Waals surface area contributed by atoms with E-state index in [1.54, 1.807) is 24.3 Å². The van der Waals surface area contributed by atoms with E-state index < -0.39 is 0 Å². The van der Waals surface area contributed by atoms with Crippen LogP contribution in [0.15, 0.2) is 66.9 Å². The number of benzene rings is 2. The van der Waals surface area contributed by atoms with Crippen LogP contribution in [0.2, 0.25) is 10.0 Å². The molecule has 0 aliphatic carbocycles. The summed E-state index contributed by atoms with van der Waals surface area (Å²) in [5.74, 6) is 0.349. The molecular weight excluding hydrogens is 405 g/mol. The maximum atomic E-state index is 12.9. The molecule has 0 saturated heterocycles. The third-order valence-electron chi connectivity index (χ3n) is 4.49. The zero-order valence-electron chi connectivity index (χ0n) is 16.6. The van der Waals surface area contributed by atoms with Crippen LogP contribution in [0.1, 0.15) is 25.1 Å². The molecule has 0 aliphatic heterocycles. The van der Waals surface area contributed by atoms with Gasteiger partial charge in [0.2, 0.25) is 0 Å². The van der Waals surface area contributed by atoms with Crippen molar-refractivity contribution in [2.75, 3.05) is 11.9 Å². The first kappa shape index (κ1) is 21.3. The lowest BCUT2D eigenvalue weighted by molar-refractivity contribution is 0.200. The first-order chi connectivity index (χ1) is 13.9. The van der Waals surface area contributed by atoms with E-state index in [0.29, 0.717) is 30.6 Å². The molecule has 6 heteroatoms. The molecule has 1 N–H and O–H groups in total. The van der Waals surface area contributed by atoms with Crippen LogP contribution in [-0.2, 0) is 13.1 Å². The lowest BCUT2D eigenvalue weighted by Crippen LogP contribution is -2.37. The quantitative estimate of drug-likeness (QED) is 0.455. The van der Waals surface area contributed by atoms with E-state index in [1.807, 2.05) is 41.4 Å².